The molecule has 132 valence electrons. The number of sulfonamides is 1. The van der Waals surface area contributed by atoms with E-state index in [0.29, 0.717) is 6.42 Å². The van der Waals surface area contributed by atoms with Crippen LogP contribution in [0.1, 0.15) is 33.3 Å². The van der Waals surface area contributed by atoms with Crippen LogP contribution in [0.5, 0.6) is 0 Å². The molecule has 0 unspecified atom stereocenters. The first kappa shape index (κ1) is 18.6. The highest BCUT2D eigenvalue weighted by Crippen LogP contribution is 2.05. The fourth-order valence-corrected chi connectivity index (χ4v) is 3.01. The summed E-state index contributed by atoms with van der Waals surface area (Å²) in [6, 6.07) is 11.7. The lowest BCUT2D eigenvalue weighted by Crippen LogP contribution is -2.33. The van der Waals surface area contributed by atoms with Gasteiger partial charge in [0.2, 0.25) is 10.0 Å². The Hall–Kier alpha value is -2.74. The summed E-state index contributed by atoms with van der Waals surface area (Å²) in [6.45, 7) is 1.88. The van der Waals surface area contributed by atoms with Crippen molar-refractivity contribution < 1.29 is 22.7 Å². The van der Waals surface area contributed by atoms with Gasteiger partial charge in [-0.05, 0) is 31.0 Å². The predicted molar refractivity (Wildman–Crippen MR) is 91.6 cm³/mol. The van der Waals surface area contributed by atoms with Crippen molar-refractivity contribution in [1.29, 1.82) is 0 Å². The number of benzene rings is 1. The van der Waals surface area contributed by atoms with Crippen molar-refractivity contribution in [3.05, 3.63) is 65.5 Å². The van der Waals surface area contributed by atoms with Crippen molar-refractivity contribution in [3.8, 4) is 0 Å². The Balaban J connectivity index is 1.97. The minimum absolute atomic E-state index is 0.0383. The molecule has 1 aromatic heterocycles. The molecule has 0 fully saturated rings. The lowest BCUT2D eigenvalue weighted by atomic mass is 10.2. The lowest BCUT2D eigenvalue weighted by molar-refractivity contribution is 0.0519. The Morgan fingerprint density at radius 1 is 1.12 bits per heavy atom. The summed E-state index contributed by atoms with van der Waals surface area (Å²) in [4.78, 5) is 27.3. The first-order valence-electron chi connectivity index (χ1n) is 7.63. The number of aromatic nitrogens is 1. The number of carbonyl (C=O) groups is 2. The topological polar surface area (TPSA) is 102 Å². The fraction of sp³-hybridized carbons (Fsp3) is 0.235. The molecule has 0 aliphatic heterocycles. The maximum absolute atomic E-state index is 12.0. The van der Waals surface area contributed by atoms with Gasteiger partial charge in [-0.2, -0.15) is 0 Å². The van der Waals surface area contributed by atoms with Crippen LogP contribution in [-0.4, -0.2) is 37.6 Å². The molecule has 0 aliphatic rings. The van der Waals surface area contributed by atoms with Crippen LogP contribution in [0.15, 0.2) is 48.7 Å². The van der Waals surface area contributed by atoms with Crippen molar-refractivity contribution in [3.63, 3.8) is 0 Å². The maximum Gasteiger partial charge on any atom is 0.356 e. The zero-order valence-corrected chi connectivity index (χ0v) is 14.5. The number of rotatable bonds is 7. The van der Waals surface area contributed by atoms with E-state index in [1.165, 1.54) is 12.1 Å². The first-order valence-corrected chi connectivity index (χ1v) is 9.28. The van der Waals surface area contributed by atoms with E-state index in [1.807, 2.05) is 35.1 Å². The minimum atomic E-state index is -3.78. The van der Waals surface area contributed by atoms with Gasteiger partial charge in [-0.3, -0.25) is 4.79 Å². The van der Waals surface area contributed by atoms with Crippen molar-refractivity contribution >= 4 is 21.9 Å². The number of nitrogens with one attached hydrogen (secondary N) is 1. The van der Waals surface area contributed by atoms with E-state index >= 15 is 0 Å². The highest BCUT2D eigenvalue weighted by Gasteiger charge is 2.17. The van der Waals surface area contributed by atoms with E-state index in [4.69, 9.17) is 4.74 Å². The van der Waals surface area contributed by atoms with Gasteiger partial charge in [0.05, 0.1) is 17.9 Å². The Bertz CT molecular complexity index is 833. The van der Waals surface area contributed by atoms with E-state index in [-0.39, 0.29) is 23.6 Å². The lowest BCUT2D eigenvalue weighted by Gasteiger charge is -2.07. The number of pyridine rings is 1. The molecule has 1 aromatic carbocycles. The molecule has 0 bridgehead atoms. The molecule has 0 saturated carbocycles. The van der Waals surface area contributed by atoms with E-state index in [2.05, 4.69) is 4.98 Å². The zero-order chi connectivity index (χ0) is 18.3. The number of amides is 1. The second-order valence-electron chi connectivity index (χ2n) is 5.14. The summed E-state index contributed by atoms with van der Waals surface area (Å²) < 4.78 is 30.8. The van der Waals surface area contributed by atoms with Gasteiger partial charge in [0.25, 0.3) is 5.91 Å². The molecule has 0 saturated heterocycles. The number of hydrogen-bond acceptors (Lipinski definition) is 6. The normalized spacial score (nSPS) is 10.9. The van der Waals surface area contributed by atoms with Gasteiger partial charge < -0.3 is 4.74 Å². The van der Waals surface area contributed by atoms with Crippen molar-refractivity contribution in [2.45, 2.75) is 13.3 Å². The molecular formula is C17H18N2O5S. The monoisotopic (exact) mass is 362 g/mol. The van der Waals surface area contributed by atoms with Gasteiger partial charge in [-0.15, -0.1) is 0 Å². The molecule has 7 nitrogen and oxygen atoms in total. The second-order valence-corrected chi connectivity index (χ2v) is 6.98. The molecule has 1 N–H and O–H groups in total. The molecule has 1 amide bonds. The van der Waals surface area contributed by atoms with Crippen molar-refractivity contribution in [2.24, 2.45) is 0 Å². The second kappa shape index (κ2) is 8.39. The minimum Gasteiger partial charge on any atom is -0.461 e. The Kier molecular flexibility index (Phi) is 6.24. The van der Waals surface area contributed by atoms with E-state index in [0.717, 1.165) is 11.8 Å². The molecule has 1 heterocycles. The van der Waals surface area contributed by atoms with Crippen LogP contribution in [0.25, 0.3) is 0 Å². The average Bonchev–Trinajstić information content (AvgIpc) is 2.61. The molecular weight excluding hydrogens is 344 g/mol. The third kappa shape index (κ3) is 5.68. The molecule has 8 heteroatoms. The molecule has 0 radical (unpaired) electrons. The van der Waals surface area contributed by atoms with E-state index < -0.39 is 21.9 Å². The zero-order valence-electron chi connectivity index (χ0n) is 13.6. The molecule has 2 aromatic rings. The Morgan fingerprint density at radius 3 is 2.44 bits per heavy atom. The summed E-state index contributed by atoms with van der Waals surface area (Å²) in [5.41, 5.74) is 0.947. The molecule has 25 heavy (non-hydrogen) atoms. The quantitative estimate of drug-likeness (QED) is 0.750. The summed E-state index contributed by atoms with van der Waals surface area (Å²) in [5, 5.41) is 0. The van der Waals surface area contributed by atoms with Crippen LogP contribution < -0.4 is 4.72 Å². The SMILES string of the molecule is CCOC(=O)c1ccc(C(=O)NS(=O)(=O)CCc2ccccc2)cn1. The van der Waals surface area contributed by atoms with Gasteiger partial charge in [-0.25, -0.2) is 22.9 Å². The van der Waals surface area contributed by atoms with Gasteiger partial charge in [-0.1, -0.05) is 30.3 Å². The molecule has 0 atom stereocenters. The number of esters is 1. The predicted octanol–water partition coefficient (Wildman–Crippen LogP) is 1.56. The summed E-state index contributed by atoms with van der Waals surface area (Å²) in [5.74, 6) is -1.61. The van der Waals surface area contributed by atoms with Crippen LogP contribution in [-0.2, 0) is 21.2 Å². The third-order valence-corrected chi connectivity index (χ3v) is 4.50. The van der Waals surface area contributed by atoms with Crippen LogP contribution >= 0.6 is 0 Å². The number of aryl methyl sites for hydroxylation is 1. The first-order chi connectivity index (χ1) is 11.9. The number of hydrogen-bond donors (Lipinski definition) is 1. The van der Waals surface area contributed by atoms with Gasteiger partial charge in [0.15, 0.2) is 0 Å². The standard InChI is InChI=1S/C17H18N2O5S/c1-2-24-17(21)15-9-8-14(12-18-15)16(20)19-25(22,23)11-10-13-6-4-3-5-7-13/h3-9,12H,2,10-11H2,1H3,(H,19,20). The number of ether oxygens (including phenoxy) is 1. The van der Waals surface area contributed by atoms with Crippen molar-refractivity contribution in [1.82, 2.24) is 9.71 Å². The van der Waals surface area contributed by atoms with Crippen molar-refractivity contribution in [2.75, 3.05) is 12.4 Å². The van der Waals surface area contributed by atoms with E-state index in [9.17, 15) is 18.0 Å². The number of nitrogens with zero attached hydrogens (tertiary/aromatic N) is 1. The Labute approximate surface area is 146 Å². The van der Waals surface area contributed by atoms with Gasteiger partial charge in [0, 0.05) is 6.20 Å². The van der Waals surface area contributed by atoms with Gasteiger partial charge >= 0.3 is 5.97 Å². The fourth-order valence-electron chi connectivity index (χ4n) is 2.00. The highest BCUT2D eigenvalue weighted by molar-refractivity contribution is 7.90. The largest absolute Gasteiger partial charge is 0.461 e. The van der Waals surface area contributed by atoms with E-state index in [1.54, 1.807) is 6.92 Å². The Morgan fingerprint density at radius 2 is 1.84 bits per heavy atom. The van der Waals surface area contributed by atoms with Crippen LogP contribution in [0, 0.1) is 0 Å². The average molecular weight is 362 g/mol. The highest BCUT2D eigenvalue weighted by atomic mass is 32.2. The van der Waals surface area contributed by atoms with Crippen LogP contribution in [0.4, 0.5) is 0 Å². The van der Waals surface area contributed by atoms with Gasteiger partial charge in [0.1, 0.15) is 5.69 Å². The maximum atomic E-state index is 12.0. The number of carbonyl (C=O) groups excluding carboxylic acids is 2. The molecule has 0 aliphatic carbocycles. The summed E-state index contributed by atoms with van der Waals surface area (Å²) in [6.07, 6.45) is 1.43. The molecule has 0 spiro atoms. The summed E-state index contributed by atoms with van der Waals surface area (Å²) >= 11 is 0. The molecule has 2 rings (SSSR count). The summed E-state index contributed by atoms with van der Waals surface area (Å²) in [7, 11) is -3.78. The van der Waals surface area contributed by atoms with Crippen LogP contribution in [0.2, 0.25) is 0 Å². The third-order valence-electron chi connectivity index (χ3n) is 3.26. The smallest absolute Gasteiger partial charge is 0.356 e. The van der Waals surface area contributed by atoms with Crippen LogP contribution in [0.3, 0.4) is 0 Å².